The number of aliphatic carboxylic acids is 1. The van der Waals surface area contributed by atoms with Crippen LogP contribution in [0, 0.1) is 12.8 Å². The lowest BCUT2D eigenvalue weighted by atomic mass is 10.2. The van der Waals surface area contributed by atoms with Crippen LogP contribution >= 0.6 is 34.7 Å². The SMILES string of the molecule is Cc1csc(Sc2ccc(NC(=O)N(C)CC(C)C(=O)O)cc2Cl)n1. The van der Waals surface area contributed by atoms with Crippen molar-refractivity contribution in [2.45, 2.75) is 23.1 Å². The molecular weight excluding hydrogens is 382 g/mol. The van der Waals surface area contributed by atoms with Gasteiger partial charge in [0.2, 0.25) is 0 Å². The molecule has 0 aliphatic carbocycles. The number of hydrogen-bond acceptors (Lipinski definition) is 5. The van der Waals surface area contributed by atoms with Crippen LogP contribution in [0.15, 0.2) is 32.8 Å². The van der Waals surface area contributed by atoms with Gasteiger partial charge >= 0.3 is 12.0 Å². The molecule has 1 unspecified atom stereocenters. The van der Waals surface area contributed by atoms with Crippen molar-refractivity contribution >= 4 is 52.4 Å². The van der Waals surface area contributed by atoms with E-state index in [0.717, 1.165) is 14.9 Å². The van der Waals surface area contributed by atoms with Crippen molar-refractivity contribution in [3.05, 3.63) is 34.3 Å². The van der Waals surface area contributed by atoms with Crippen molar-refractivity contribution in [1.82, 2.24) is 9.88 Å². The van der Waals surface area contributed by atoms with Crippen molar-refractivity contribution in [1.29, 1.82) is 0 Å². The van der Waals surface area contributed by atoms with Gasteiger partial charge in [0.25, 0.3) is 0 Å². The zero-order chi connectivity index (χ0) is 18.6. The van der Waals surface area contributed by atoms with Gasteiger partial charge in [-0.2, -0.15) is 0 Å². The monoisotopic (exact) mass is 399 g/mol. The smallest absolute Gasteiger partial charge is 0.321 e. The molecule has 1 atom stereocenters. The zero-order valence-electron chi connectivity index (χ0n) is 13.9. The largest absolute Gasteiger partial charge is 0.481 e. The van der Waals surface area contributed by atoms with E-state index in [1.54, 1.807) is 37.4 Å². The summed E-state index contributed by atoms with van der Waals surface area (Å²) < 4.78 is 0.901. The average molecular weight is 400 g/mol. The van der Waals surface area contributed by atoms with Gasteiger partial charge in [-0.15, -0.1) is 11.3 Å². The van der Waals surface area contributed by atoms with Crippen molar-refractivity contribution in [3.8, 4) is 0 Å². The Bertz CT molecular complexity index is 782. The van der Waals surface area contributed by atoms with E-state index < -0.39 is 11.9 Å². The first-order chi connectivity index (χ1) is 11.8. The molecule has 1 aromatic heterocycles. The third-order valence-electron chi connectivity index (χ3n) is 3.29. The summed E-state index contributed by atoms with van der Waals surface area (Å²) in [6, 6.07) is 4.84. The predicted molar refractivity (Wildman–Crippen MR) is 101 cm³/mol. The van der Waals surface area contributed by atoms with Crippen LogP contribution < -0.4 is 5.32 Å². The van der Waals surface area contributed by atoms with E-state index in [9.17, 15) is 9.59 Å². The fourth-order valence-electron chi connectivity index (χ4n) is 1.93. The van der Waals surface area contributed by atoms with E-state index in [-0.39, 0.29) is 12.6 Å². The van der Waals surface area contributed by atoms with E-state index in [2.05, 4.69) is 10.3 Å². The summed E-state index contributed by atoms with van der Waals surface area (Å²) in [6.45, 7) is 3.60. The Morgan fingerprint density at radius 2 is 2.20 bits per heavy atom. The number of nitrogens with zero attached hydrogens (tertiary/aromatic N) is 2. The second-order valence-electron chi connectivity index (χ2n) is 5.55. The van der Waals surface area contributed by atoms with Gasteiger partial charge in [0.15, 0.2) is 4.34 Å². The first-order valence-corrected chi connectivity index (χ1v) is 9.48. The van der Waals surface area contributed by atoms with Crippen molar-refractivity contribution in [3.63, 3.8) is 0 Å². The third-order valence-corrected chi connectivity index (χ3v) is 5.85. The molecule has 0 spiro atoms. The van der Waals surface area contributed by atoms with Crippen LogP contribution in [0.5, 0.6) is 0 Å². The van der Waals surface area contributed by atoms with Gasteiger partial charge in [-0.3, -0.25) is 4.79 Å². The quantitative estimate of drug-likeness (QED) is 0.750. The summed E-state index contributed by atoms with van der Waals surface area (Å²) in [7, 11) is 1.55. The van der Waals surface area contributed by atoms with Crippen LogP contribution in [0.4, 0.5) is 10.5 Å². The number of aromatic nitrogens is 1. The Kier molecular flexibility index (Phi) is 6.69. The van der Waals surface area contributed by atoms with E-state index >= 15 is 0 Å². The van der Waals surface area contributed by atoms with E-state index in [4.69, 9.17) is 16.7 Å². The van der Waals surface area contributed by atoms with Gasteiger partial charge in [-0.1, -0.05) is 30.3 Å². The van der Waals surface area contributed by atoms with Gasteiger partial charge in [-0.25, -0.2) is 9.78 Å². The Labute approximate surface area is 159 Å². The molecule has 0 aliphatic heterocycles. The maximum atomic E-state index is 12.1. The third kappa shape index (κ3) is 5.62. The van der Waals surface area contributed by atoms with Crippen LogP contribution in [-0.2, 0) is 4.79 Å². The molecule has 2 aromatic rings. The molecule has 0 radical (unpaired) electrons. The molecule has 1 aromatic carbocycles. The number of thiazole rings is 1. The van der Waals surface area contributed by atoms with Crippen LogP contribution in [0.2, 0.25) is 5.02 Å². The summed E-state index contributed by atoms with van der Waals surface area (Å²) in [5, 5.41) is 14.1. The topological polar surface area (TPSA) is 82.5 Å². The number of hydrogen-bond donors (Lipinski definition) is 2. The van der Waals surface area contributed by atoms with Crippen molar-refractivity contribution in [2.24, 2.45) is 5.92 Å². The molecule has 25 heavy (non-hydrogen) atoms. The molecule has 2 rings (SSSR count). The Hall–Kier alpha value is -1.77. The lowest BCUT2D eigenvalue weighted by molar-refractivity contribution is -0.141. The highest BCUT2D eigenvalue weighted by Crippen LogP contribution is 2.36. The van der Waals surface area contributed by atoms with E-state index in [1.807, 2.05) is 18.4 Å². The minimum Gasteiger partial charge on any atom is -0.481 e. The first-order valence-electron chi connectivity index (χ1n) is 7.40. The second kappa shape index (κ2) is 8.55. The number of benzene rings is 1. The number of carbonyl (C=O) groups excluding carboxylic acids is 1. The standard InChI is InChI=1S/C16H18ClN3O3S2/c1-9(14(21)22)7-20(3)15(23)19-11-4-5-13(12(17)6-11)25-16-18-10(2)8-24-16/h4-6,8-9H,7H2,1-3H3,(H,19,23)(H,21,22). The normalized spacial score (nSPS) is 11.8. The predicted octanol–water partition coefficient (Wildman–Crippen LogP) is 4.44. The lowest BCUT2D eigenvalue weighted by Crippen LogP contribution is -2.36. The molecule has 6 nitrogen and oxygen atoms in total. The van der Waals surface area contributed by atoms with Gasteiger partial charge in [0.1, 0.15) is 0 Å². The molecule has 0 saturated carbocycles. The molecule has 0 saturated heterocycles. The highest BCUT2D eigenvalue weighted by atomic mass is 35.5. The van der Waals surface area contributed by atoms with Crippen LogP contribution in [0.1, 0.15) is 12.6 Å². The average Bonchev–Trinajstić information content (AvgIpc) is 2.94. The number of halogens is 1. The van der Waals surface area contributed by atoms with Crippen molar-refractivity contribution < 1.29 is 14.7 Å². The fraction of sp³-hybridized carbons (Fsp3) is 0.312. The molecular formula is C16H18ClN3O3S2. The summed E-state index contributed by atoms with van der Waals surface area (Å²) >= 11 is 9.30. The Balaban J connectivity index is 2.00. The molecule has 9 heteroatoms. The number of anilines is 1. The van der Waals surface area contributed by atoms with Gasteiger partial charge in [0, 0.05) is 35.2 Å². The van der Waals surface area contributed by atoms with Gasteiger partial charge in [-0.05, 0) is 25.1 Å². The minimum atomic E-state index is -0.943. The molecule has 0 aliphatic rings. The summed E-state index contributed by atoms with van der Waals surface area (Å²) in [6.07, 6.45) is 0. The molecule has 0 fully saturated rings. The Morgan fingerprint density at radius 3 is 2.76 bits per heavy atom. The maximum Gasteiger partial charge on any atom is 0.321 e. The highest BCUT2D eigenvalue weighted by Gasteiger charge is 2.17. The summed E-state index contributed by atoms with van der Waals surface area (Å²) in [4.78, 5) is 29.6. The summed E-state index contributed by atoms with van der Waals surface area (Å²) in [5.41, 5.74) is 1.51. The number of urea groups is 1. The van der Waals surface area contributed by atoms with Crippen molar-refractivity contribution in [2.75, 3.05) is 18.9 Å². The van der Waals surface area contributed by atoms with E-state index in [0.29, 0.717) is 10.7 Å². The zero-order valence-corrected chi connectivity index (χ0v) is 16.3. The first kappa shape index (κ1) is 19.6. The maximum absolute atomic E-state index is 12.1. The molecule has 134 valence electrons. The van der Waals surface area contributed by atoms with Gasteiger partial charge in [0.05, 0.1) is 10.9 Å². The number of rotatable bonds is 6. The van der Waals surface area contributed by atoms with E-state index in [1.165, 1.54) is 16.7 Å². The molecule has 2 N–H and O–H groups in total. The molecule has 2 amide bonds. The van der Waals surface area contributed by atoms with Gasteiger partial charge < -0.3 is 15.3 Å². The number of carbonyl (C=O) groups is 2. The van der Waals surface area contributed by atoms with Crippen LogP contribution in [0.3, 0.4) is 0 Å². The number of nitrogens with one attached hydrogen (secondary N) is 1. The number of aryl methyl sites for hydroxylation is 1. The Morgan fingerprint density at radius 1 is 1.48 bits per heavy atom. The number of amides is 2. The molecule has 0 bridgehead atoms. The lowest BCUT2D eigenvalue weighted by Gasteiger charge is -2.20. The number of carboxylic acid groups (broad SMARTS) is 1. The fourth-order valence-corrected chi connectivity index (χ4v) is 4.02. The van der Waals surface area contributed by atoms with Crippen LogP contribution in [-0.4, -0.2) is 40.6 Å². The van der Waals surface area contributed by atoms with Crippen LogP contribution in [0.25, 0.3) is 0 Å². The minimum absolute atomic E-state index is 0.117. The second-order valence-corrected chi connectivity index (χ2v) is 8.11. The molecule has 1 heterocycles. The summed E-state index contributed by atoms with van der Waals surface area (Å²) in [5.74, 6) is -1.58. The highest BCUT2D eigenvalue weighted by molar-refractivity contribution is 8.01. The number of carboxylic acids is 1.